The van der Waals surface area contributed by atoms with Crippen molar-refractivity contribution in [2.75, 3.05) is 13.1 Å². The van der Waals surface area contributed by atoms with Crippen molar-refractivity contribution in [3.05, 3.63) is 109 Å². The molecule has 12 heteroatoms. The molecule has 2 atom stereocenters. The second-order valence-corrected chi connectivity index (χ2v) is 11.1. The molecule has 9 nitrogen and oxygen atoms in total. The van der Waals surface area contributed by atoms with Gasteiger partial charge in [-0.1, -0.05) is 83.4 Å². The molecular weight excluding hydrogens is 603 g/mol. The van der Waals surface area contributed by atoms with Crippen LogP contribution >= 0.6 is 34.8 Å². The summed E-state index contributed by atoms with van der Waals surface area (Å²) >= 11 is 19.1. The van der Waals surface area contributed by atoms with E-state index in [0.29, 0.717) is 30.1 Å². The largest absolute Gasteiger partial charge is 0.480 e. The second-order valence-electron chi connectivity index (χ2n) is 9.86. The van der Waals surface area contributed by atoms with Gasteiger partial charge >= 0.3 is 12.0 Å². The summed E-state index contributed by atoms with van der Waals surface area (Å²) in [6.07, 6.45) is 4.07. The predicted octanol–water partition coefficient (Wildman–Crippen LogP) is 5.10. The van der Waals surface area contributed by atoms with Gasteiger partial charge in [0.05, 0.1) is 28.2 Å². The van der Waals surface area contributed by atoms with Gasteiger partial charge in [-0.3, -0.25) is 9.59 Å². The first kappa shape index (κ1) is 29.4. The Morgan fingerprint density at radius 2 is 1.83 bits per heavy atom. The van der Waals surface area contributed by atoms with Gasteiger partial charge in [0.1, 0.15) is 6.04 Å². The number of rotatable bonds is 8. The van der Waals surface area contributed by atoms with E-state index in [9.17, 15) is 24.3 Å². The van der Waals surface area contributed by atoms with E-state index in [2.05, 4.69) is 16.0 Å². The lowest BCUT2D eigenvalue weighted by atomic mass is 9.95. The molecule has 1 aliphatic heterocycles. The molecule has 0 spiro atoms. The summed E-state index contributed by atoms with van der Waals surface area (Å²) in [5, 5.41) is 17.8. The summed E-state index contributed by atoms with van der Waals surface area (Å²) in [7, 11) is 0. The Labute approximate surface area is 256 Å². The summed E-state index contributed by atoms with van der Waals surface area (Å²) in [5.74, 6) is -2.51. The average Bonchev–Trinajstić information content (AvgIpc) is 3.35. The van der Waals surface area contributed by atoms with Gasteiger partial charge in [0.15, 0.2) is 0 Å². The molecule has 5 rings (SSSR count). The van der Waals surface area contributed by atoms with E-state index in [1.165, 1.54) is 6.07 Å². The molecule has 0 saturated carbocycles. The molecule has 0 bridgehead atoms. The van der Waals surface area contributed by atoms with E-state index >= 15 is 0 Å². The number of halogens is 3. The lowest BCUT2D eigenvalue weighted by molar-refractivity contribution is -0.139. The van der Waals surface area contributed by atoms with Crippen LogP contribution in [0.25, 0.3) is 6.08 Å². The normalized spacial score (nSPS) is 15.9. The van der Waals surface area contributed by atoms with Crippen LogP contribution in [0.4, 0.5) is 4.79 Å². The van der Waals surface area contributed by atoms with Crippen molar-refractivity contribution in [2.45, 2.75) is 25.0 Å². The standard InChI is InChI=1S/C30H25Cl3N4O5/c31-18-6-3-4-16(12-18)15-37-11-10-20-21(28(37)39)13-22(32)25(26(20)33)27(38)35-24(29(40)41)14-34-30(42)36-23-9-8-17-5-1-2-7-19(17)23/h1-9,12-13,23-24H,10-11,14-15H2,(H,35,38)(H,40,41)(H2,34,36,42)/t23-,24+/m1/s1. The van der Waals surface area contributed by atoms with E-state index in [1.807, 2.05) is 42.5 Å². The highest BCUT2D eigenvalue weighted by Crippen LogP contribution is 2.35. The van der Waals surface area contributed by atoms with Crippen LogP contribution in [-0.2, 0) is 17.8 Å². The summed E-state index contributed by atoms with van der Waals surface area (Å²) < 4.78 is 0. The molecule has 42 heavy (non-hydrogen) atoms. The molecule has 1 aliphatic carbocycles. The minimum atomic E-state index is -1.48. The maximum absolute atomic E-state index is 13.2. The number of urea groups is 1. The molecule has 0 saturated heterocycles. The summed E-state index contributed by atoms with van der Waals surface area (Å²) in [6.45, 7) is 0.279. The first-order valence-corrected chi connectivity index (χ1v) is 14.2. The van der Waals surface area contributed by atoms with Crippen LogP contribution in [-0.4, -0.2) is 53.0 Å². The van der Waals surface area contributed by atoms with Crippen molar-refractivity contribution in [3.63, 3.8) is 0 Å². The zero-order chi connectivity index (χ0) is 30.0. The van der Waals surface area contributed by atoms with Gasteiger partial charge in [0.25, 0.3) is 11.8 Å². The molecule has 0 aromatic heterocycles. The lowest BCUT2D eigenvalue weighted by Gasteiger charge is -2.30. The minimum absolute atomic E-state index is 0.0210. The molecule has 4 amide bonds. The van der Waals surface area contributed by atoms with E-state index in [-0.39, 0.29) is 33.1 Å². The number of carbonyl (C=O) groups is 4. The number of aliphatic carboxylic acids is 1. The Hall–Kier alpha value is -4.05. The van der Waals surface area contributed by atoms with Gasteiger partial charge in [-0.2, -0.15) is 0 Å². The highest BCUT2D eigenvalue weighted by atomic mass is 35.5. The van der Waals surface area contributed by atoms with Gasteiger partial charge in [0, 0.05) is 23.7 Å². The van der Waals surface area contributed by atoms with E-state index < -0.39 is 30.5 Å². The Morgan fingerprint density at radius 3 is 2.60 bits per heavy atom. The average molecular weight is 628 g/mol. The molecule has 1 heterocycles. The number of nitrogens with one attached hydrogen (secondary N) is 3. The maximum atomic E-state index is 13.2. The highest BCUT2D eigenvalue weighted by Gasteiger charge is 2.32. The fourth-order valence-corrected chi connectivity index (χ4v) is 5.96. The summed E-state index contributed by atoms with van der Waals surface area (Å²) in [4.78, 5) is 52.5. The second kappa shape index (κ2) is 12.4. The molecule has 4 N–H and O–H groups in total. The van der Waals surface area contributed by atoms with Gasteiger partial charge in [0.2, 0.25) is 0 Å². The third-order valence-electron chi connectivity index (χ3n) is 7.11. The number of hydrogen-bond donors (Lipinski definition) is 4. The molecular formula is C30H25Cl3N4O5. The quantitative estimate of drug-likeness (QED) is 0.277. The molecule has 0 radical (unpaired) electrons. The van der Waals surface area contributed by atoms with Crippen molar-refractivity contribution < 1.29 is 24.3 Å². The molecule has 3 aromatic rings. The Morgan fingerprint density at radius 1 is 1.05 bits per heavy atom. The predicted molar refractivity (Wildman–Crippen MR) is 160 cm³/mol. The number of hydrogen-bond acceptors (Lipinski definition) is 4. The van der Waals surface area contributed by atoms with Crippen LogP contribution in [0.1, 0.15) is 49.0 Å². The van der Waals surface area contributed by atoms with Crippen LogP contribution < -0.4 is 16.0 Å². The number of fused-ring (bicyclic) bond motifs is 2. The third kappa shape index (κ3) is 6.23. The van der Waals surface area contributed by atoms with Gasteiger partial charge < -0.3 is 26.0 Å². The van der Waals surface area contributed by atoms with Crippen LogP contribution in [0.15, 0.2) is 60.7 Å². The maximum Gasteiger partial charge on any atom is 0.328 e. The molecule has 0 unspecified atom stereocenters. The van der Waals surface area contributed by atoms with Crippen molar-refractivity contribution in [1.82, 2.24) is 20.9 Å². The van der Waals surface area contributed by atoms with Crippen LogP contribution in [0, 0.1) is 0 Å². The van der Waals surface area contributed by atoms with Gasteiger partial charge in [-0.05, 0) is 46.9 Å². The Kier molecular flexibility index (Phi) is 8.72. The third-order valence-corrected chi connectivity index (χ3v) is 8.06. The fourth-order valence-electron chi connectivity index (χ4n) is 5.02. The van der Waals surface area contributed by atoms with E-state index in [1.54, 1.807) is 23.1 Å². The zero-order valence-corrected chi connectivity index (χ0v) is 24.3. The number of amides is 4. The van der Waals surface area contributed by atoms with Crippen molar-refractivity contribution in [2.24, 2.45) is 0 Å². The van der Waals surface area contributed by atoms with Crippen LogP contribution in [0.5, 0.6) is 0 Å². The summed E-state index contributed by atoms with van der Waals surface area (Å²) in [6, 6.07) is 13.7. The topological polar surface area (TPSA) is 128 Å². The SMILES string of the molecule is O=C(NC[C@H](NC(=O)c1c(Cl)cc2c(c1Cl)CCN(Cc1cccc(Cl)c1)C2=O)C(=O)O)N[C@@H]1C=Cc2ccccc21. The van der Waals surface area contributed by atoms with Crippen LogP contribution in [0.2, 0.25) is 15.1 Å². The molecule has 2 aliphatic rings. The Balaban J connectivity index is 1.25. The number of carbonyl (C=O) groups excluding carboxylic acids is 3. The van der Waals surface area contributed by atoms with Crippen molar-refractivity contribution >= 4 is 64.7 Å². The van der Waals surface area contributed by atoms with Crippen molar-refractivity contribution in [3.8, 4) is 0 Å². The number of carboxylic acids is 1. The lowest BCUT2D eigenvalue weighted by Crippen LogP contribution is -2.50. The van der Waals surface area contributed by atoms with Gasteiger partial charge in [-0.15, -0.1) is 0 Å². The molecule has 3 aromatic carbocycles. The van der Waals surface area contributed by atoms with Crippen LogP contribution in [0.3, 0.4) is 0 Å². The molecule has 216 valence electrons. The summed E-state index contributed by atoms with van der Waals surface area (Å²) in [5.41, 5.74) is 3.33. The number of carboxylic acid groups (broad SMARTS) is 1. The van der Waals surface area contributed by atoms with E-state index in [4.69, 9.17) is 34.8 Å². The van der Waals surface area contributed by atoms with E-state index in [0.717, 1.165) is 16.7 Å². The highest BCUT2D eigenvalue weighted by molar-refractivity contribution is 6.41. The smallest absolute Gasteiger partial charge is 0.328 e. The number of nitrogens with zero attached hydrogens (tertiary/aromatic N) is 1. The fraction of sp³-hybridized carbons (Fsp3) is 0.200. The minimum Gasteiger partial charge on any atom is -0.480 e. The first-order chi connectivity index (χ1) is 20.1. The van der Waals surface area contributed by atoms with Gasteiger partial charge in [-0.25, -0.2) is 9.59 Å². The van der Waals surface area contributed by atoms with Crippen molar-refractivity contribution in [1.29, 1.82) is 0 Å². The number of benzene rings is 3. The monoisotopic (exact) mass is 626 g/mol. The zero-order valence-electron chi connectivity index (χ0n) is 22.0. The Bertz CT molecular complexity index is 1630. The first-order valence-electron chi connectivity index (χ1n) is 13.0. The molecule has 0 fully saturated rings.